The molecular weight excluding hydrogens is 286 g/mol. The Hall–Kier alpha value is -2.62. The van der Waals surface area contributed by atoms with E-state index in [1.807, 2.05) is 49.4 Å². The molecule has 4 nitrogen and oxygen atoms in total. The molecule has 0 fully saturated rings. The van der Waals surface area contributed by atoms with E-state index in [0.717, 1.165) is 10.9 Å². The maximum absolute atomic E-state index is 10.6. The summed E-state index contributed by atoms with van der Waals surface area (Å²) in [5, 5.41) is 14.9. The van der Waals surface area contributed by atoms with Crippen molar-refractivity contribution in [3.8, 4) is 5.75 Å². The van der Waals surface area contributed by atoms with Crippen molar-refractivity contribution in [3.63, 3.8) is 0 Å². The van der Waals surface area contributed by atoms with Crippen molar-refractivity contribution in [2.45, 2.75) is 26.8 Å². The lowest BCUT2D eigenvalue weighted by atomic mass is 9.94. The molecule has 0 amide bonds. The highest BCUT2D eigenvalue weighted by Crippen LogP contribution is 2.34. The Bertz CT molecular complexity index is 747. The van der Waals surface area contributed by atoms with E-state index < -0.39 is 0 Å². The van der Waals surface area contributed by atoms with Gasteiger partial charge in [-0.15, -0.1) is 0 Å². The fraction of sp³-hybridized carbons (Fsp3) is 0.263. The summed E-state index contributed by atoms with van der Waals surface area (Å²) >= 11 is 0. The molecule has 23 heavy (non-hydrogen) atoms. The van der Waals surface area contributed by atoms with Crippen molar-refractivity contribution in [1.29, 1.82) is 0 Å². The molecule has 1 atom stereocenters. The summed E-state index contributed by atoms with van der Waals surface area (Å²) in [6, 6.07) is 7.62. The van der Waals surface area contributed by atoms with Crippen LogP contribution in [0.15, 0.2) is 59.5 Å². The Kier molecular flexibility index (Phi) is 5.52. The zero-order chi connectivity index (χ0) is 16.8. The molecule has 1 heterocycles. The van der Waals surface area contributed by atoms with Gasteiger partial charge in [-0.2, -0.15) is 0 Å². The number of rotatable bonds is 6. The maximum atomic E-state index is 10.6. The molecule has 0 aliphatic heterocycles. The highest BCUT2D eigenvalue weighted by atomic mass is 16.3. The molecule has 120 valence electrons. The summed E-state index contributed by atoms with van der Waals surface area (Å²) in [7, 11) is 0. The molecule has 1 unspecified atom stereocenters. The minimum Gasteiger partial charge on any atom is -0.505 e. The number of aromatic nitrogens is 1. The van der Waals surface area contributed by atoms with Crippen LogP contribution >= 0.6 is 0 Å². The van der Waals surface area contributed by atoms with E-state index in [1.54, 1.807) is 6.20 Å². The normalized spacial score (nSPS) is 13.7. The van der Waals surface area contributed by atoms with Crippen LogP contribution in [-0.4, -0.2) is 16.8 Å². The lowest BCUT2D eigenvalue weighted by molar-refractivity contribution is 0.411. The molecule has 0 radical (unpaired) electrons. The average molecular weight is 309 g/mol. The lowest BCUT2D eigenvalue weighted by Gasteiger charge is -2.25. The number of pyridine rings is 1. The van der Waals surface area contributed by atoms with Crippen molar-refractivity contribution in [1.82, 2.24) is 10.3 Å². The zero-order valence-corrected chi connectivity index (χ0v) is 13.8. The van der Waals surface area contributed by atoms with E-state index in [0.29, 0.717) is 11.3 Å². The number of hydrogen-bond acceptors (Lipinski definition) is 4. The van der Waals surface area contributed by atoms with Gasteiger partial charge in [0.15, 0.2) is 0 Å². The fourth-order valence-electron chi connectivity index (χ4n) is 2.49. The number of phenols is 1. The summed E-state index contributed by atoms with van der Waals surface area (Å²) in [6.07, 6.45) is 7.37. The third-order valence-corrected chi connectivity index (χ3v) is 3.70. The number of allylic oxidation sites excluding steroid dienone is 3. The van der Waals surface area contributed by atoms with Crippen molar-refractivity contribution in [2.24, 2.45) is 10.9 Å². The number of aromatic hydroxyl groups is 1. The molecule has 2 aromatic rings. The third-order valence-electron chi connectivity index (χ3n) is 3.70. The van der Waals surface area contributed by atoms with Crippen molar-refractivity contribution in [2.75, 3.05) is 0 Å². The van der Waals surface area contributed by atoms with E-state index in [9.17, 15) is 5.11 Å². The summed E-state index contributed by atoms with van der Waals surface area (Å²) in [5.74, 6) is 1.13. The molecule has 4 heteroatoms. The molecule has 0 spiro atoms. The van der Waals surface area contributed by atoms with Crippen LogP contribution in [0, 0.1) is 5.92 Å². The predicted octanol–water partition coefficient (Wildman–Crippen LogP) is 4.35. The Morgan fingerprint density at radius 3 is 2.78 bits per heavy atom. The summed E-state index contributed by atoms with van der Waals surface area (Å²) in [5.41, 5.74) is 1.42. The van der Waals surface area contributed by atoms with Crippen molar-refractivity contribution < 1.29 is 5.11 Å². The maximum Gasteiger partial charge on any atom is 0.147 e. The number of fused-ring (bicyclic) bond motifs is 1. The van der Waals surface area contributed by atoms with E-state index in [-0.39, 0.29) is 17.7 Å². The van der Waals surface area contributed by atoms with E-state index >= 15 is 0 Å². The second-order valence-electron chi connectivity index (χ2n) is 5.68. The van der Waals surface area contributed by atoms with Crippen LogP contribution in [0.25, 0.3) is 10.9 Å². The number of nitrogens with zero attached hydrogens (tertiary/aromatic N) is 2. The second-order valence-corrected chi connectivity index (χ2v) is 5.68. The van der Waals surface area contributed by atoms with Gasteiger partial charge < -0.3 is 10.4 Å². The molecule has 2 rings (SSSR count). The first-order valence-electron chi connectivity index (χ1n) is 7.71. The smallest absolute Gasteiger partial charge is 0.147 e. The first-order chi connectivity index (χ1) is 11.1. The van der Waals surface area contributed by atoms with Gasteiger partial charge in [0.1, 0.15) is 17.1 Å². The number of nitrogens with one attached hydrogen (secondary N) is 1. The molecule has 0 aliphatic rings. The van der Waals surface area contributed by atoms with Gasteiger partial charge in [-0.3, -0.25) is 4.98 Å². The van der Waals surface area contributed by atoms with E-state index in [4.69, 9.17) is 0 Å². The minimum absolute atomic E-state index is 0.0941. The topological polar surface area (TPSA) is 57.5 Å². The number of phenolic OH excluding ortho intramolecular Hbond substituents is 1. The monoisotopic (exact) mass is 309 g/mol. The first-order valence-corrected chi connectivity index (χ1v) is 7.71. The average Bonchev–Trinajstić information content (AvgIpc) is 2.56. The lowest BCUT2D eigenvalue weighted by Crippen LogP contribution is -2.24. The van der Waals surface area contributed by atoms with Gasteiger partial charge in [-0.05, 0) is 31.7 Å². The van der Waals surface area contributed by atoms with Crippen LogP contribution in [0.5, 0.6) is 5.75 Å². The molecule has 2 N–H and O–H groups in total. The van der Waals surface area contributed by atoms with Gasteiger partial charge in [0.05, 0.1) is 6.04 Å². The van der Waals surface area contributed by atoms with Gasteiger partial charge in [-0.1, -0.05) is 44.2 Å². The summed E-state index contributed by atoms with van der Waals surface area (Å²) in [4.78, 5) is 8.31. The summed E-state index contributed by atoms with van der Waals surface area (Å²) < 4.78 is 0. The van der Waals surface area contributed by atoms with Gasteiger partial charge in [-0.25, -0.2) is 4.99 Å². The quantitative estimate of drug-likeness (QED) is 0.616. The molecule has 0 aliphatic carbocycles. The molecule has 0 saturated carbocycles. The molecular formula is C19H23N3O. The van der Waals surface area contributed by atoms with Crippen molar-refractivity contribution >= 4 is 17.6 Å². The Morgan fingerprint density at radius 1 is 1.35 bits per heavy atom. The van der Waals surface area contributed by atoms with Gasteiger partial charge in [0.2, 0.25) is 0 Å². The number of benzene rings is 1. The molecule has 1 aromatic heterocycles. The van der Waals surface area contributed by atoms with Crippen LogP contribution in [0.2, 0.25) is 0 Å². The Balaban J connectivity index is 2.46. The van der Waals surface area contributed by atoms with Crippen LogP contribution in [0.1, 0.15) is 32.4 Å². The Morgan fingerprint density at radius 2 is 2.13 bits per heavy atom. The zero-order valence-electron chi connectivity index (χ0n) is 13.8. The third kappa shape index (κ3) is 3.77. The highest BCUT2D eigenvalue weighted by Gasteiger charge is 2.21. The number of hydrogen-bond donors (Lipinski definition) is 2. The van der Waals surface area contributed by atoms with Gasteiger partial charge in [0.25, 0.3) is 0 Å². The molecule has 1 aromatic carbocycles. The predicted molar refractivity (Wildman–Crippen MR) is 96.6 cm³/mol. The second kappa shape index (κ2) is 7.58. The van der Waals surface area contributed by atoms with Crippen LogP contribution < -0.4 is 5.32 Å². The molecule has 0 saturated heterocycles. The van der Waals surface area contributed by atoms with E-state index in [1.165, 1.54) is 0 Å². The highest BCUT2D eigenvalue weighted by molar-refractivity contribution is 5.85. The molecule has 0 bridgehead atoms. The fourth-order valence-corrected chi connectivity index (χ4v) is 2.49. The van der Waals surface area contributed by atoms with Crippen molar-refractivity contribution in [3.05, 3.63) is 60.1 Å². The first kappa shape index (κ1) is 16.7. The minimum atomic E-state index is -0.0941. The Labute approximate surface area is 137 Å². The largest absolute Gasteiger partial charge is 0.505 e. The van der Waals surface area contributed by atoms with Gasteiger partial charge in [0, 0.05) is 17.1 Å². The number of aliphatic imine (C=N–C) groups is 1. The van der Waals surface area contributed by atoms with E-state index in [2.05, 4.69) is 35.9 Å². The SMILES string of the molecule is C=N/C(=C\C=C/C)NC(c1ccc2cccnc2c1O)C(C)C. The van der Waals surface area contributed by atoms with Crippen LogP contribution in [0.4, 0.5) is 0 Å². The summed E-state index contributed by atoms with van der Waals surface area (Å²) in [6.45, 7) is 9.73. The standard InChI is InChI=1S/C19H23N3O/c1-5-6-9-16(20-4)22-17(13(2)3)15-11-10-14-8-7-12-21-18(14)19(15)23/h5-13,17,22-23H,4H2,1-3H3/b6-5-,16-9+. The van der Waals surface area contributed by atoms with Gasteiger partial charge >= 0.3 is 0 Å². The van der Waals surface area contributed by atoms with Crippen LogP contribution in [-0.2, 0) is 0 Å². The van der Waals surface area contributed by atoms with Crippen LogP contribution in [0.3, 0.4) is 0 Å².